The van der Waals surface area contributed by atoms with E-state index >= 15 is 0 Å². The van der Waals surface area contributed by atoms with Crippen molar-refractivity contribution in [2.24, 2.45) is 0 Å². The molecule has 0 saturated carbocycles. The minimum absolute atomic E-state index is 0.0986. The van der Waals surface area contributed by atoms with Crippen molar-refractivity contribution in [2.75, 3.05) is 6.61 Å². The van der Waals surface area contributed by atoms with Crippen molar-refractivity contribution in [3.63, 3.8) is 0 Å². The molecule has 2 N–H and O–H groups in total. The van der Waals surface area contributed by atoms with E-state index in [0.717, 1.165) is 0 Å². The van der Waals surface area contributed by atoms with Crippen LogP contribution in [0.1, 0.15) is 30.1 Å². The van der Waals surface area contributed by atoms with Gasteiger partial charge >= 0.3 is 0 Å². The predicted molar refractivity (Wildman–Crippen MR) is 69.7 cm³/mol. The maximum absolute atomic E-state index is 11.7. The van der Waals surface area contributed by atoms with Gasteiger partial charge in [-0.15, -0.1) is 0 Å². The first-order valence-electron chi connectivity index (χ1n) is 5.72. The first-order valence-corrected chi connectivity index (χ1v) is 6.09. The van der Waals surface area contributed by atoms with Gasteiger partial charge in [-0.3, -0.25) is 9.59 Å². The van der Waals surface area contributed by atoms with Gasteiger partial charge in [-0.25, -0.2) is 0 Å². The Balaban J connectivity index is 2.41. The van der Waals surface area contributed by atoms with Gasteiger partial charge in [0.05, 0.1) is 6.61 Å². The molecule has 0 saturated heterocycles. The van der Waals surface area contributed by atoms with E-state index in [9.17, 15) is 9.59 Å². The number of aliphatic hydroxyl groups is 1. The van der Waals surface area contributed by atoms with Gasteiger partial charge in [-0.2, -0.15) is 0 Å². The Labute approximate surface area is 111 Å². The number of ketones is 1. The van der Waals surface area contributed by atoms with Gasteiger partial charge in [-0.05, 0) is 31.2 Å². The molecule has 1 aromatic carbocycles. The molecule has 0 aliphatic carbocycles. The molecule has 0 spiro atoms. The lowest BCUT2D eigenvalue weighted by atomic mass is 10.1. The number of amides is 1. The van der Waals surface area contributed by atoms with Crippen LogP contribution in [0.3, 0.4) is 0 Å². The molecule has 0 aliphatic rings. The Bertz CT molecular complexity index is 417. The van der Waals surface area contributed by atoms with Crippen molar-refractivity contribution in [1.82, 2.24) is 5.32 Å². The zero-order chi connectivity index (χ0) is 13.5. The van der Waals surface area contributed by atoms with Gasteiger partial charge < -0.3 is 10.4 Å². The normalized spacial score (nSPS) is 11.9. The number of hydrogen-bond acceptors (Lipinski definition) is 3. The summed E-state index contributed by atoms with van der Waals surface area (Å²) in [5.41, 5.74) is 0.544. The molecular formula is C13H16ClNO3. The third-order valence-corrected chi connectivity index (χ3v) is 2.68. The van der Waals surface area contributed by atoms with Crippen LogP contribution in [-0.4, -0.2) is 29.4 Å². The quantitative estimate of drug-likeness (QED) is 0.774. The van der Waals surface area contributed by atoms with Crippen molar-refractivity contribution >= 4 is 23.3 Å². The Morgan fingerprint density at radius 1 is 1.28 bits per heavy atom. The van der Waals surface area contributed by atoms with Crippen LogP contribution in [0.2, 0.25) is 5.02 Å². The number of Topliss-reactive ketones (excluding diaryl/α,β-unsaturated/α-hetero) is 1. The molecule has 0 heterocycles. The molecule has 18 heavy (non-hydrogen) atoms. The summed E-state index contributed by atoms with van der Waals surface area (Å²) < 4.78 is 0. The highest BCUT2D eigenvalue weighted by Crippen LogP contribution is 2.11. The molecule has 4 nitrogen and oxygen atoms in total. The fraction of sp³-hybridized carbons (Fsp3) is 0.385. The fourth-order valence-electron chi connectivity index (χ4n) is 1.40. The number of benzene rings is 1. The van der Waals surface area contributed by atoms with E-state index in [0.29, 0.717) is 10.6 Å². The van der Waals surface area contributed by atoms with Crippen molar-refractivity contribution in [3.8, 4) is 0 Å². The van der Waals surface area contributed by atoms with Crippen molar-refractivity contribution in [1.29, 1.82) is 0 Å². The molecular weight excluding hydrogens is 254 g/mol. The van der Waals surface area contributed by atoms with Gasteiger partial charge in [0.15, 0.2) is 5.78 Å². The second-order valence-corrected chi connectivity index (χ2v) is 4.52. The smallest absolute Gasteiger partial charge is 0.220 e. The molecule has 1 amide bonds. The minimum Gasteiger partial charge on any atom is -0.394 e. The lowest BCUT2D eigenvalue weighted by Gasteiger charge is -2.10. The van der Waals surface area contributed by atoms with Crippen LogP contribution in [0.4, 0.5) is 0 Å². The van der Waals surface area contributed by atoms with Gasteiger partial charge in [0, 0.05) is 29.5 Å². The number of aliphatic hydroxyl groups excluding tert-OH is 1. The molecule has 0 fully saturated rings. The second-order valence-electron chi connectivity index (χ2n) is 4.08. The third-order valence-electron chi connectivity index (χ3n) is 2.43. The zero-order valence-corrected chi connectivity index (χ0v) is 10.9. The first-order chi connectivity index (χ1) is 8.52. The van der Waals surface area contributed by atoms with Crippen LogP contribution in [0.5, 0.6) is 0 Å². The van der Waals surface area contributed by atoms with E-state index in [1.807, 2.05) is 0 Å². The van der Waals surface area contributed by atoms with Crippen LogP contribution >= 0.6 is 11.6 Å². The lowest BCUT2D eigenvalue weighted by Crippen LogP contribution is -2.35. The highest BCUT2D eigenvalue weighted by Gasteiger charge is 2.10. The summed E-state index contributed by atoms with van der Waals surface area (Å²) >= 11 is 5.72. The molecule has 5 heteroatoms. The van der Waals surface area contributed by atoms with Gasteiger partial charge in [0.25, 0.3) is 0 Å². The van der Waals surface area contributed by atoms with E-state index in [1.54, 1.807) is 31.2 Å². The maximum atomic E-state index is 11.7. The summed E-state index contributed by atoms with van der Waals surface area (Å²) in [7, 11) is 0. The molecule has 0 aliphatic heterocycles. The Kier molecular flexibility index (Phi) is 5.82. The van der Waals surface area contributed by atoms with E-state index in [1.165, 1.54) is 0 Å². The number of rotatable bonds is 6. The molecule has 0 radical (unpaired) electrons. The number of carbonyl (C=O) groups excluding carboxylic acids is 2. The number of nitrogens with one attached hydrogen (secondary N) is 1. The first kappa shape index (κ1) is 14.7. The van der Waals surface area contributed by atoms with E-state index in [-0.39, 0.29) is 37.2 Å². The third kappa shape index (κ3) is 4.85. The van der Waals surface area contributed by atoms with Crippen molar-refractivity contribution in [2.45, 2.75) is 25.8 Å². The van der Waals surface area contributed by atoms with Crippen molar-refractivity contribution in [3.05, 3.63) is 34.9 Å². The molecule has 98 valence electrons. The molecule has 1 atom stereocenters. The fourth-order valence-corrected chi connectivity index (χ4v) is 1.53. The van der Waals surface area contributed by atoms with Crippen LogP contribution in [0.25, 0.3) is 0 Å². The topological polar surface area (TPSA) is 66.4 Å². The van der Waals surface area contributed by atoms with Crippen LogP contribution in [0, 0.1) is 0 Å². The van der Waals surface area contributed by atoms with Crippen molar-refractivity contribution < 1.29 is 14.7 Å². The number of carbonyl (C=O) groups is 2. The monoisotopic (exact) mass is 269 g/mol. The number of hydrogen-bond donors (Lipinski definition) is 2. The van der Waals surface area contributed by atoms with Crippen LogP contribution < -0.4 is 5.32 Å². The summed E-state index contributed by atoms with van der Waals surface area (Å²) in [6, 6.07) is 6.27. The Morgan fingerprint density at radius 2 is 1.89 bits per heavy atom. The lowest BCUT2D eigenvalue weighted by molar-refractivity contribution is -0.121. The second kappa shape index (κ2) is 7.13. The number of halogens is 1. The average molecular weight is 270 g/mol. The summed E-state index contributed by atoms with van der Waals surface area (Å²) in [5, 5.41) is 11.9. The molecule has 1 aromatic rings. The van der Waals surface area contributed by atoms with E-state index in [4.69, 9.17) is 16.7 Å². The van der Waals surface area contributed by atoms with E-state index in [2.05, 4.69) is 5.32 Å². The molecule has 0 aromatic heterocycles. The van der Waals surface area contributed by atoms with E-state index < -0.39 is 0 Å². The average Bonchev–Trinajstić information content (AvgIpc) is 2.36. The Hall–Kier alpha value is -1.39. The SMILES string of the molecule is CC(CO)NC(=O)CCC(=O)c1ccc(Cl)cc1. The van der Waals surface area contributed by atoms with Gasteiger partial charge in [0.2, 0.25) is 5.91 Å². The highest BCUT2D eigenvalue weighted by atomic mass is 35.5. The summed E-state index contributed by atoms with van der Waals surface area (Å²) in [4.78, 5) is 23.1. The maximum Gasteiger partial charge on any atom is 0.220 e. The summed E-state index contributed by atoms with van der Waals surface area (Å²) in [6.07, 6.45) is 0.261. The van der Waals surface area contributed by atoms with Crippen LogP contribution in [0.15, 0.2) is 24.3 Å². The molecule has 1 unspecified atom stereocenters. The largest absolute Gasteiger partial charge is 0.394 e. The van der Waals surface area contributed by atoms with Gasteiger partial charge in [-0.1, -0.05) is 11.6 Å². The predicted octanol–water partition coefficient (Wildman–Crippen LogP) is 1.80. The highest BCUT2D eigenvalue weighted by molar-refractivity contribution is 6.30. The van der Waals surface area contributed by atoms with Crippen LogP contribution in [-0.2, 0) is 4.79 Å². The Morgan fingerprint density at radius 3 is 2.44 bits per heavy atom. The minimum atomic E-state index is -0.289. The summed E-state index contributed by atoms with van der Waals surface area (Å²) in [6.45, 7) is 1.58. The molecule has 0 bridgehead atoms. The standard InChI is InChI=1S/C13H16ClNO3/c1-9(8-16)15-13(18)7-6-12(17)10-2-4-11(14)5-3-10/h2-5,9,16H,6-8H2,1H3,(H,15,18). The van der Waals surface area contributed by atoms with Gasteiger partial charge in [0.1, 0.15) is 0 Å². The zero-order valence-electron chi connectivity index (χ0n) is 10.1. The molecule has 1 rings (SSSR count). The summed E-state index contributed by atoms with van der Waals surface area (Å²) in [5.74, 6) is -0.336.